The number of hydrogen-bond donors (Lipinski definition) is 1. The first-order valence-corrected chi connectivity index (χ1v) is 10.3. The fourth-order valence-corrected chi connectivity index (χ4v) is 3.55. The molecule has 1 fully saturated rings. The standard InChI is InChI=1S/C24H25N3O4/c1-18(24(29)27-15-13-26(14-16-27)20-6-3-2-4-7-20)31-21-11-9-19(10-12-21)25-23(28)22-8-5-17-30-22/h2-12,17-18H,13-16H2,1H3,(H,25,28)/t18-/m1/s1. The Balaban J connectivity index is 1.27. The molecule has 3 aromatic rings. The van der Waals surface area contributed by atoms with Gasteiger partial charge in [0, 0.05) is 37.6 Å². The van der Waals surface area contributed by atoms with Crippen LogP contribution in [0, 0.1) is 0 Å². The van der Waals surface area contributed by atoms with Crippen molar-refractivity contribution < 1.29 is 18.7 Å². The van der Waals surface area contributed by atoms with Crippen molar-refractivity contribution in [2.75, 3.05) is 36.4 Å². The van der Waals surface area contributed by atoms with Gasteiger partial charge in [-0.2, -0.15) is 0 Å². The van der Waals surface area contributed by atoms with Crippen LogP contribution in [-0.2, 0) is 4.79 Å². The van der Waals surface area contributed by atoms with Crippen molar-refractivity contribution in [3.8, 4) is 5.75 Å². The van der Waals surface area contributed by atoms with Crippen LogP contribution in [0.15, 0.2) is 77.4 Å². The molecular weight excluding hydrogens is 394 g/mol. The predicted molar refractivity (Wildman–Crippen MR) is 118 cm³/mol. The number of furan rings is 1. The van der Waals surface area contributed by atoms with E-state index in [0.717, 1.165) is 13.1 Å². The van der Waals surface area contributed by atoms with E-state index < -0.39 is 6.10 Å². The first-order valence-electron chi connectivity index (χ1n) is 10.3. The third-order valence-electron chi connectivity index (χ3n) is 5.23. The number of piperazine rings is 1. The van der Waals surface area contributed by atoms with E-state index in [9.17, 15) is 9.59 Å². The van der Waals surface area contributed by atoms with Gasteiger partial charge >= 0.3 is 0 Å². The van der Waals surface area contributed by atoms with E-state index >= 15 is 0 Å². The summed E-state index contributed by atoms with van der Waals surface area (Å²) in [4.78, 5) is 29.0. The summed E-state index contributed by atoms with van der Waals surface area (Å²) >= 11 is 0. The third kappa shape index (κ3) is 5.06. The van der Waals surface area contributed by atoms with Gasteiger partial charge in [0.05, 0.1) is 6.26 Å². The quantitative estimate of drug-likeness (QED) is 0.660. The highest BCUT2D eigenvalue weighted by atomic mass is 16.5. The number of carbonyl (C=O) groups excluding carboxylic acids is 2. The molecule has 7 heteroatoms. The van der Waals surface area contributed by atoms with Crippen molar-refractivity contribution in [1.82, 2.24) is 4.90 Å². The molecule has 0 radical (unpaired) electrons. The van der Waals surface area contributed by atoms with E-state index in [1.165, 1.54) is 12.0 Å². The summed E-state index contributed by atoms with van der Waals surface area (Å²) in [6.45, 7) is 4.69. The topological polar surface area (TPSA) is 75.0 Å². The van der Waals surface area contributed by atoms with Gasteiger partial charge in [0.1, 0.15) is 5.75 Å². The predicted octanol–water partition coefficient (Wildman–Crippen LogP) is 3.65. The maximum Gasteiger partial charge on any atom is 0.291 e. The zero-order chi connectivity index (χ0) is 21.6. The van der Waals surface area contributed by atoms with Crippen LogP contribution >= 0.6 is 0 Å². The van der Waals surface area contributed by atoms with Crippen molar-refractivity contribution >= 4 is 23.2 Å². The van der Waals surface area contributed by atoms with Crippen LogP contribution in [-0.4, -0.2) is 49.0 Å². The first-order chi connectivity index (χ1) is 15.1. The highest BCUT2D eigenvalue weighted by molar-refractivity contribution is 6.02. The van der Waals surface area contributed by atoms with Gasteiger partial charge in [-0.15, -0.1) is 0 Å². The Morgan fingerprint density at radius 3 is 2.29 bits per heavy atom. The molecule has 7 nitrogen and oxygen atoms in total. The SMILES string of the molecule is C[C@@H](Oc1ccc(NC(=O)c2ccco2)cc1)C(=O)N1CCN(c2ccccc2)CC1. The minimum absolute atomic E-state index is 0.0251. The summed E-state index contributed by atoms with van der Waals surface area (Å²) in [5.74, 6) is 0.464. The normalized spacial score (nSPS) is 14.7. The summed E-state index contributed by atoms with van der Waals surface area (Å²) < 4.78 is 10.9. The number of nitrogens with one attached hydrogen (secondary N) is 1. The van der Waals surface area contributed by atoms with Crippen molar-refractivity contribution in [3.63, 3.8) is 0 Å². The Hall–Kier alpha value is -3.74. The molecule has 0 spiro atoms. The Bertz CT molecular complexity index is 995. The van der Waals surface area contributed by atoms with Crippen LogP contribution in [0.2, 0.25) is 0 Å². The van der Waals surface area contributed by atoms with Gasteiger partial charge in [-0.1, -0.05) is 18.2 Å². The van der Waals surface area contributed by atoms with Crippen LogP contribution in [0.3, 0.4) is 0 Å². The number of ether oxygens (including phenoxy) is 1. The van der Waals surface area contributed by atoms with Gasteiger partial charge in [0.15, 0.2) is 11.9 Å². The van der Waals surface area contributed by atoms with Crippen molar-refractivity contribution in [3.05, 3.63) is 78.8 Å². The molecule has 1 saturated heterocycles. The fraction of sp³-hybridized carbons (Fsp3) is 0.250. The molecule has 1 N–H and O–H groups in total. The number of amides is 2. The maximum atomic E-state index is 12.8. The van der Waals surface area contributed by atoms with E-state index in [-0.39, 0.29) is 17.6 Å². The fourth-order valence-electron chi connectivity index (χ4n) is 3.55. The summed E-state index contributed by atoms with van der Waals surface area (Å²) in [7, 11) is 0. The molecule has 0 bridgehead atoms. The van der Waals surface area contributed by atoms with E-state index in [1.807, 2.05) is 23.1 Å². The van der Waals surface area contributed by atoms with Crippen LogP contribution in [0.4, 0.5) is 11.4 Å². The molecule has 1 atom stereocenters. The summed E-state index contributed by atoms with van der Waals surface area (Å²) in [5, 5.41) is 2.75. The Labute approximate surface area is 181 Å². The second kappa shape index (κ2) is 9.38. The molecule has 4 rings (SSSR count). The average Bonchev–Trinajstić information content (AvgIpc) is 3.36. The second-order valence-electron chi connectivity index (χ2n) is 7.36. The zero-order valence-electron chi connectivity index (χ0n) is 17.4. The van der Waals surface area contributed by atoms with Gasteiger partial charge in [-0.05, 0) is 55.5 Å². The molecule has 2 amide bonds. The van der Waals surface area contributed by atoms with Gasteiger partial charge < -0.3 is 24.3 Å². The molecule has 0 aliphatic carbocycles. The third-order valence-corrected chi connectivity index (χ3v) is 5.23. The Kier molecular flexibility index (Phi) is 6.21. The van der Waals surface area contributed by atoms with Crippen LogP contribution in [0.5, 0.6) is 5.75 Å². The van der Waals surface area contributed by atoms with Gasteiger partial charge in [0.2, 0.25) is 0 Å². The Morgan fingerprint density at radius 1 is 0.935 bits per heavy atom. The summed E-state index contributed by atoms with van der Waals surface area (Å²) in [5.41, 5.74) is 1.79. The molecule has 2 aromatic carbocycles. The van der Waals surface area contributed by atoms with Crippen LogP contribution in [0.1, 0.15) is 17.5 Å². The number of anilines is 2. The Morgan fingerprint density at radius 2 is 1.65 bits per heavy atom. The van der Waals surface area contributed by atoms with E-state index in [1.54, 1.807) is 43.3 Å². The summed E-state index contributed by atoms with van der Waals surface area (Å²) in [6.07, 6.45) is 0.859. The van der Waals surface area contributed by atoms with Crippen LogP contribution in [0.25, 0.3) is 0 Å². The largest absolute Gasteiger partial charge is 0.481 e. The number of rotatable bonds is 6. The van der Waals surface area contributed by atoms with Crippen molar-refractivity contribution in [2.45, 2.75) is 13.0 Å². The first kappa shape index (κ1) is 20.5. The lowest BCUT2D eigenvalue weighted by molar-refractivity contribution is -0.138. The van der Waals surface area contributed by atoms with E-state index in [0.29, 0.717) is 24.5 Å². The van der Waals surface area contributed by atoms with E-state index in [2.05, 4.69) is 22.3 Å². The van der Waals surface area contributed by atoms with Gasteiger partial charge in [0.25, 0.3) is 11.8 Å². The van der Waals surface area contributed by atoms with Crippen LogP contribution < -0.4 is 15.0 Å². The van der Waals surface area contributed by atoms with Crippen molar-refractivity contribution in [2.24, 2.45) is 0 Å². The number of benzene rings is 2. The minimum atomic E-state index is -0.591. The molecule has 1 aromatic heterocycles. The molecule has 1 aliphatic heterocycles. The number of nitrogens with zero attached hydrogens (tertiary/aromatic N) is 2. The highest BCUT2D eigenvalue weighted by Crippen LogP contribution is 2.20. The molecule has 1 aliphatic rings. The number of para-hydroxylation sites is 1. The monoisotopic (exact) mass is 419 g/mol. The molecule has 0 saturated carbocycles. The number of carbonyl (C=O) groups is 2. The van der Waals surface area contributed by atoms with Crippen molar-refractivity contribution in [1.29, 1.82) is 0 Å². The minimum Gasteiger partial charge on any atom is -0.481 e. The molecule has 0 unspecified atom stereocenters. The average molecular weight is 419 g/mol. The second-order valence-corrected chi connectivity index (χ2v) is 7.36. The molecular formula is C24H25N3O4. The number of hydrogen-bond acceptors (Lipinski definition) is 5. The van der Waals surface area contributed by atoms with Gasteiger partial charge in [-0.3, -0.25) is 9.59 Å². The lowest BCUT2D eigenvalue weighted by atomic mass is 10.2. The lowest BCUT2D eigenvalue weighted by Crippen LogP contribution is -2.52. The zero-order valence-corrected chi connectivity index (χ0v) is 17.4. The molecule has 160 valence electrons. The molecule has 2 heterocycles. The van der Waals surface area contributed by atoms with Gasteiger partial charge in [-0.25, -0.2) is 0 Å². The van der Waals surface area contributed by atoms with E-state index in [4.69, 9.17) is 9.15 Å². The lowest BCUT2D eigenvalue weighted by Gasteiger charge is -2.37. The maximum absolute atomic E-state index is 12.8. The summed E-state index contributed by atoms with van der Waals surface area (Å²) in [6, 6.07) is 20.4. The molecule has 31 heavy (non-hydrogen) atoms. The smallest absolute Gasteiger partial charge is 0.291 e. The highest BCUT2D eigenvalue weighted by Gasteiger charge is 2.26.